The Labute approximate surface area is 143 Å². The number of aromatic hydroxyl groups is 1. The van der Waals surface area contributed by atoms with Gasteiger partial charge in [0.2, 0.25) is 5.01 Å². The van der Waals surface area contributed by atoms with Crippen molar-refractivity contribution in [2.45, 2.75) is 6.18 Å². The van der Waals surface area contributed by atoms with Gasteiger partial charge in [0, 0.05) is 11.1 Å². The third kappa shape index (κ3) is 3.41. The summed E-state index contributed by atoms with van der Waals surface area (Å²) >= 11 is 0.314. The molecule has 0 saturated carbocycles. The third-order valence-electron chi connectivity index (χ3n) is 3.36. The minimum absolute atomic E-state index is 0.0829. The van der Waals surface area contributed by atoms with E-state index in [2.05, 4.69) is 10.2 Å². The Morgan fingerprint density at radius 3 is 2.40 bits per heavy atom. The van der Waals surface area contributed by atoms with Crippen LogP contribution >= 0.6 is 11.3 Å². The zero-order chi connectivity index (χ0) is 18.2. The summed E-state index contributed by atoms with van der Waals surface area (Å²) in [4.78, 5) is 0. The SMILES string of the molecule is COc1ccc(F)c(-c2ccc(O)cc2-c2nnc(C(F)(F)F)s2)c1. The van der Waals surface area contributed by atoms with Gasteiger partial charge in [-0.1, -0.05) is 11.3 Å². The molecule has 0 amide bonds. The normalized spacial score (nSPS) is 11.6. The van der Waals surface area contributed by atoms with Crippen LogP contribution in [0.1, 0.15) is 5.01 Å². The number of aromatic nitrogens is 2. The monoisotopic (exact) mass is 370 g/mol. The number of rotatable bonds is 3. The molecule has 3 rings (SSSR count). The summed E-state index contributed by atoms with van der Waals surface area (Å²) in [5, 5.41) is 15.2. The molecule has 0 radical (unpaired) electrons. The first kappa shape index (κ1) is 17.2. The molecule has 25 heavy (non-hydrogen) atoms. The predicted molar refractivity (Wildman–Crippen MR) is 84.0 cm³/mol. The highest BCUT2D eigenvalue weighted by atomic mass is 32.1. The molecule has 0 aliphatic heterocycles. The van der Waals surface area contributed by atoms with Crippen LogP contribution in [0.2, 0.25) is 0 Å². The molecule has 0 aliphatic rings. The Hall–Kier alpha value is -2.68. The summed E-state index contributed by atoms with van der Waals surface area (Å²) in [5.74, 6) is -0.400. The van der Waals surface area contributed by atoms with Crippen LogP contribution in [0, 0.1) is 5.82 Å². The molecule has 0 unspecified atom stereocenters. The highest BCUT2D eigenvalue weighted by Gasteiger charge is 2.36. The van der Waals surface area contributed by atoms with Gasteiger partial charge in [-0.25, -0.2) is 4.39 Å². The molecule has 1 aromatic heterocycles. The highest BCUT2D eigenvalue weighted by molar-refractivity contribution is 7.14. The lowest BCUT2D eigenvalue weighted by atomic mass is 9.99. The predicted octanol–water partition coefficient (Wildman–Crippen LogP) is 4.74. The average Bonchev–Trinajstić information content (AvgIpc) is 3.06. The Morgan fingerprint density at radius 2 is 1.76 bits per heavy atom. The van der Waals surface area contributed by atoms with Crippen molar-refractivity contribution in [1.82, 2.24) is 10.2 Å². The van der Waals surface area contributed by atoms with Gasteiger partial charge in [-0.05, 0) is 42.0 Å². The van der Waals surface area contributed by atoms with Gasteiger partial charge in [-0.15, -0.1) is 10.2 Å². The van der Waals surface area contributed by atoms with Gasteiger partial charge in [-0.3, -0.25) is 0 Å². The second-order valence-electron chi connectivity index (χ2n) is 4.99. The lowest BCUT2D eigenvalue weighted by molar-refractivity contribution is -0.138. The molecule has 3 aromatic rings. The van der Waals surface area contributed by atoms with E-state index in [1.165, 1.54) is 43.5 Å². The van der Waals surface area contributed by atoms with E-state index < -0.39 is 17.0 Å². The number of alkyl halides is 3. The first-order valence-corrected chi connectivity index (χ1v) is 7.69. The summed E-state index contributed by atoms with van der Waals surface area (Å²) in [5.41, 5.74) is 0.511. The van der Waals surface area contributed by atoms with Gasteiger partial charge in [0.05, 0.1) is 7.11 Å². The molecule has 130 valence electrons. The van der Waals surface area contributed by atoms with E-state index in [1.54, 1.807) is 0 Å². The first-order chi connectivity index (χ1) is 11.8. The number of phenolic OH excluding ortho intramolecular Hbond substituents is 1. The van der Waals surface area contributed by atoms with Crippen LogP contribution in [0.5, 0.6) is 11.5 Å². The molecular formula is C16H10F4N2O2S. The van der Waals surface area contributed by atoms with E-state index in [9.17, 15) is 22.7 Å². The molecule has 0 bridgehead atoms. The number of halogens is 4. The van der Waals surface area contributed by atoms with Crippen molar-refractivity contribution in [3.63, 3.8) is 0 Å². The van der Waals surface area contributed by atoms with Gasteiger partial charge in [0.15, 0.2) is 0 Å². The summed E-state index contributed by atoms with van der Waals surface area (Å²) in [7, 11) is 1.41. The average molecular weight is 370 g/mol. The largest absolute Gasteiger partial charge is 0.508 e. The number of hydrogen-bond acceptors (Lipinski definition) is 5. The minimum atomic E-state index is -4.63. The lowest BCUT2D eigenvalue weighted by Gasteiger charge is -2.10. The lowest BCUT2D eigenvalue weighted by Crippen LogP contribution is -2.03. The molecule has 9 heteroatoms. The quantitative estimate of drug-likeness (QED) is 0.677. The standard InChI is InChI=1S/C16H10F4N2O2S/c1-24-9-3-5-13(17)11(7-9)10-4-2-8(23)6-12(10)14-21-22-15(25-14)16(18,19)20/h2-7,23H,1H3. The summed E-state index contributed by atoms with van der Waals surface area (Å²) in [6.45, 7) is 0. The maximum atomic E-state index is 14.3. The van der Waals surface area contributed by atoms with Crippen LogP contribution in [0.4, 0.5) is 17.6 Å². The number of nitrogens with zero attached hydrogens (tertiary/aromatic N) is 2. The Bertz CT molecular complexity index is 925. The summed E-state index contributed by atoms with van der Waals surface area (Å²) < 4.78 is 57.6. The smallest absolute Gasteiger partial charge is 0.445 e. The van der Waals surface area contributed by atoms with Crippen molar-refractivity contribution in [3.05, 3.63) is 47.2 Å². The van der Waals surface area contributed by atoms with Crippen molar-refractivity contribution in [2.24, 2.45) is 0 Å². The van der Waals surface area contributed by atoms with Crippen molar-refractivity contribution in [3.8, 4) is 33.2 Å². The maximum absolute atomic E-state index is 14.3. The van der Waals surface area contributed by atoms with Crippen molar-refractivity contribution in [2.75, 3.05) is 7.11 Å². The molecule has 1 heterocycles. The molecule has 2 aromatic carbocycles. The van der Waals surface area contributed by atoms with Crippen molar-refractivity contribution >= 4 is 11.3 Å². The first-order valence-electron chi connectivity index (χ1n) is 6.87. The van der Waals surface area contributed by atoms with Crippen molar-refractivity contribution in [1.29, 1.82) is 0 Å². The van der Waals surface area contributed by atoms with Crippen LogP contribution in [-0.2, 0) is 6.18 Å². The van der Waals surface area contributed by atoms with Crippen LogP contribution in [0.15, 0.2) is 36.4 Å². The molecule has 0 aliphatic carbocycles. The fraction of sp³-hybridized carbons (Fsp3) is 0.125. The van der Waals surface area contributed by atoms with E-state index in [0.717, 1.165) is 0 Å². The molecule has 0 atom stereocenters. The fourth-order valence-corrected chi connectivity index (χ4v) is 2.97. The van der Waals surface area contributed by atoms with Gasteiger partial charge >= 0.3 is 6.18 Å². The Morgan fingerprint density at radius 1 is 1.00 bits per heavy atom. The third-order valence-corrected chi connectivity index (χ3v) is 4.37. The van der Waals surface area contributed by atoms with E-state index in [1.807, 2.05) is 0 Å². The number of benzene rings is 2. The number of methoxy groups -OCH3 is 1. The van der Waals surface area contributed by atoms with E-state index >= 15 is 0 Å². The Balaban J connectivity index is 2.19. The molecular weight excluding hydrogens is 360 g/mol. The van der Waals surface area contributed by atoms with Crippen LogP contribution in [0.25, 0.3) is 21.7 Å². The highest BCUT2D eigenvalue weighted by Crippen LogP contribution is 2.41. The van der Waals surface area contributed by atoms with Gasteiger partial charge in [0.1, 0.15) is 22.3 Å². The topological polar surface area (TPSA) is 55.2 Å². The van der Waals surface area contributed by atoms with Crippen LogP contribution < -0.4 is 4.74 Å². The fourth-order valence-electron chi connectivity index (χ4n) is 2.23. The van der Waals surface area contributed by atoms with Gasteiger partial charge in [-0.2, -0.15) is 13.2 Å². The van der Waals surface area contributed by atoms with Crippen molar-refractivity contribution < 1.29 is 27.4 Å². The zero-order valence-corrected chi connectivity index (χ0v) is 13.5. The molecule has 0 fully saturated rings. The van der Waals surface area contributed by atoms with Gasteiger partial charge < -0.3 is 9.84 Å². The number of hydrogen-bond donors (Lipinski definition) is 1. The minimum Gasteiger partial charge on any atom is -0.508 e. The number of phenols is 1. The second kappa shape index (κ2) is 6.32. The summed E-state index contributed by atoms with van der Waals surface area (Å²) in [6, 6.07) is 7.95. The maximum Gasteiger partial charge on any atom is 0.445 e. The van der Waals surface area contributed by atoms with Crippen LogP contribution in [0.3, 0.4) is 0 Å². The molecule has 0 spiro atoms. The second-order valence-corrected chi connectivity index (χ2v) is 5.96. The van der Waals surface area contributed by atoms with E-state index in [0.29, 0.717) is 17.1 Å². The van der Waals surface area contributed by atoms with Crippen LogP contribution in [-0.4, -0.2) is 22.4 Å². The van der Waals surface area contributed by atoms with E-state index in [4.69, 9.17) is 4.74 Å². The number of ether oxygens (including phenoxy) is 1. The van der Waals surface area contributed by atoms with Gasteiger partial charge in [0.25, 0.3) is 0 Å². The van der Waals surface area contributed by atoms with E-state index in [-0.39, 0.29) is 27.4 Å². The molecule has 4 nitrogen and oxygen atoms in total. The zero-order valence-electron chi connectivity index (χ0n) is 12.6. The summed E-state index contributed by atoms with van der Waals surface area (Å²) in [6.07, 6.45) is -4.63. The molecule has 1 N–H and O–H groups in total. The Kier molecular flexibility index (Phi) is 4.34. The molecule has 0 saturated heterocycles.